The number of hydrogen-bond donors (Lipinski definition) is 1. The fourth-order valence-corrected chi connectivity index (χ4v) is 5.65. The Kier molecular flexibility index (Phi) is 4.66. The van der Waals surface area contributed by atoms with Crippen LogP contribution in [0, 0.1) is 5.92 Å². The van der Waals surface area contributed by atoms with Gasteiger partial charge in [-0.15, -0.1) is 0 Å². The van der Waals surface area contributed by atoms with Crippen LogP contribution in [0.25, 0.3) is 0 Å². The number of thioether (sulfide) groups is 1. The van der Waals surface area contributed by atoms with E-state index in [0.717, 1.165) is 64.1 Å². The van der Waals surface area contributed by atoms with Gasteiger partial charge in [0.1, 0.15) is 0 Å². The van der Waals surface area contributed by atoms with Crippen LogP contribution in [0.3, 0.4) is 0 Å². The number of nitrogens with zero attached hydrogens (tertiary/aromatic N) is 1. The molecule has 4 heteroatoms. The lowest BCUT2D eigenvalue weighted by Gasteiger charge is -2.45. The Morgan fingerprint density at radius 3 is 2.95 bits per heavy atom. The lowest BCUT2D eigenvalue weighted by Crippen LogP contribution is -2.49. The molecule has 0 amide bonds. The molecule has 3 aliphatic heterocycles. The Bertz CT molecular complexity index is 332. The van der Waals surface area contributed by atoms with Crippen molar-refractivity contribution in [2.24, 2.45) is 5.92 Å². The second kappa shape index (κ2) is 6.15. The van der Waals surface area contributed by atoms with Crippen LogP contribution in [-0.2, 0) is 4.74 Å². The maximum Gasteiger partial charge on any atom is 0.0784 e. The number of likely N-dealkylation sites (tertiary alicyclic amines) is 1. The average molecular weight is 299 g/mol. The molecule has 1 N–H and O–H groups in total. The van der Waals surface area contributed by atoms with Crippen molar-refractivity contribution in [3.63, 3.8) is 0 Å². The minimum atomic E-state index is -0.437. The molecule has 0 bridgehead atoms. The van der Waals surface area contributed by atoms with Crippen molar-refractivity contribution in [1.29, 1.82) is 0 Å². The summed E-state index contributed by atoms with van der Waals surface area (Å²) >= 11 is 2.02. The van der Waals surface area contributed by atoms with Gasteiger partial charge >= 0.3 is 0 Å². The van der Waals surface area contributed by atoms with Gasteiger partial charge < -0.3 is 14.7 Å². The van der Waals surface area contributed by atoms with Crippen LogP contribution in [0.15, 0.2) is 0 Å². The van der Waals surface area contributed by atoms with E-state index in [-0.39, 0.29) is 5.60 Å². The molecular formula is C16H29NO2S. The first-order valence-corrected chi connectivity index (χ1v) is 9.48. The molecule has 0 aromatic rings. The van der Waals surface area contributed by atoms with Gasteiger partial charge in [-0.1, -0.05) is 6.92 Å². The van der Waals surface area contributed by atoms with E-state index in [1.165, 1.54) is 12.2 Å². The van der Waals surface area contributed by atoms with Crippen LogP contribution < -0.4 is 0 Å². The summed E-state index contributed by atoms with van der Waals surface area (Å²) in [4.78, 5) is 2.48. The molecular weight excluding hydrogens is 270 g/mol. The van der Waals surface area contributed by atoms with Gasteiger partial charge in [0.15, 0.2) is 0 Å². The van der Waals surface area contributed by atoms with Gasteiger partial charge in [0.25, 0.3) is 0 Å². The topological polar surface area (TPSA) is 32.7 Å². The van der Waals surface area contributed by atoms with Crippen molar-refractivity contribution >= 4 is 11.8 Å². The molecule has 20 heavy (non-hydrogen) atoms. The predicted octanol–water partition coefficient (Wildman–Crippen LogP) is 2.53. The summed E-state index contributed by atoms with van der Waals surface area (Å²) in [6.45, 7) is 6.41. The van der Waals surface area contributed by atoms with E-state index in [1.807, 2.05) is 11.8 Å². The maximum absolute atomic E-state index is 11.2. The van der Waals surface area contributed by atoms with Gasteiger partial charge in [0.2, 0.25) is 0 Å². The molecule has 0 saturated carbocycles. The van der Waals surface area contributed by atoms with E-state index in [2.05, 4.69) is 11.8 Å². The summed E-state index contributed by atoms with van der Waals surface area (Å²) in [5, 5.41) is 11.2. The third kappa shape index (κ3) is 3.03. The number of aliphatic hydroxyl groups is 1. The molecule has 3 nitrogen and oxygen atoms in total. The third-order valence-corrected chi connectivity index (χ3v) is 6.94. The second-order valence-corrected chi connectivity index (χ2v) is 8.02. The van der Waals surface area contributed by atoms with Gasteiger partial charge in [-0.2, -0.15) is 11.8 Å². The van der Waals surface area contributed by atoms with Crippen LogP contribution in [0.2, 0.25) is 0 Å². The highest BCUT2D eigenvalue weighted by molar-refractivity contribution is 7.99. The molecule has 3 saturated heterocycles. The highest BCUT2D eigenvalue weighted by Crippen LogP contribution is 2.45. The summed E-state index contributed by atoms with van der Waals surface area (Å²) in [6, 6.07) is 0. The molecule has 0 aromatic carbocycles. The van der Waals surface area contributed by atoms with Crippen molar-refractivity contribution in [3.8, 4) is 0 Å². The summed E-state index contributed by atoms with van der Waals surface area (Å²) in [7, 11) is 0. The van der Waals surface area contributed by atoms with Crippen LogP contribution >= 0.6 is 11.8 Å². The van der Waals surface area contributed by atoms with Crippen LogP contribution in [0.1, 0.15) is 45.4 Å². The zero-order valence-electron chi connectivity index (χ0n) is 12.8. The van der Waals surface area contributed by atoms with Gasteiger partial charge in [-0.05, 0) is 63.3 Å². The van der Waals surface area contributed by atoms with Gasteiger partial charge in [-0.3, -0.25) is 0 Å². The van der Waals surface area contributed by atoms with Crippen LogP contribution in [0.5, 0.6) is 0 Å². The molecule has 3 aliphatic rings. The Morgan fingerprint density at radius 2 is 2.20 bits per heavy atom. The summed E-state index contributed by atoms with van der Waals surface area (Å²) in [5.74, 6) is 2.82. The molecule has 1 spiro atoms. The second-order valence-electron chi connectivity index (χ2n) is 6.92. The molecule has 3 atom stereocenters. The minimum absolute atomic E-state index is 0.0973. The number of hydrogen-bond acceptors (Lipinski definition) is 4. The van der Waals surface area contributed by atoms with Crippen molar-refractivity contribution < 1.29 is 9.84 Å². The number of ether oxygens (including phenoxy) is 1. The fourth-order valence-electron chi connectivity index (χ4n) is 4.27. The van der Waals surface area contributed by atoms with E-state index in [1.54, 1.807) is 0 Å². The first-order valence-electron chi connectivity index (χ1n) is 8.32. The molecule has 116 valence electrons. The molecule has 3 heterocycles. The normalized spacial score (nSPS) is 43.8. The van der Waals surface area contributed by atoms with E-state index in [9.17, 15) is 5.11 Å². The molecule has 0 radical (unpaired) electrons. The Hall–Kier alpha value is 0.230. The quantitative estimate of drug-likeness (QED) is 0.849. The minimum Gasteiger partial charge on any atom is -0.390 e. The van der Waals surface area contributed by atoms with E-state index in [4.69, 9.17) is 4.74 Å². The first kappa shape index (κ1) is 15.1. The van der Waals surface area contributed by atoms with Crippen molar-refractivity contribution in [2.75, 3.05) is 37.7 Å². The first-order chi connectivity index (χ1) is 9.66. The van der Waals surface area contributed by atoms with Gasteiger partial charge in [-0.25, -0.2) is 0 Å². The van der Waals surface area contributed by atoms with E-state index in [0.29, 0.717) is 5.92 Å². The summed E-state index contributed by atoms with van der Waals surface area (Å²) in [6.07, 6.45) is 6.40. The zero-order chi connectivity index (χ0) is 14.1. The highest BCUT2D eigenvalue weighted by atomic mass is 32.2. The zero-order valence-corrected chi connectivity index (χ0v) is 13.6. The summed E-state index contributed by atoms with van der Waals surface area (Å²) < 4.78 is 6.12. The lowest BCUT2D eigenvalue weighted by molar-refractivity contribution is -0.135. The standard InChI is InChI=1S/C16H29NO2S/c1-2-17-8-3-5-16(18,6-9-17)14-4-10-19-15(12-14)7-11-20-13-15/h14,18H,2-13H2,1H3. The van der Waals surface area contributed by atoms with Crippen molar-refractivity contribution in [2.45, 2.75) is 56.7 Å². The lowest BCUT2D eigenvalue weighted by atomic mass is 9.72. The van der Waals surface area contributed by atoms with Crippen LogP contribution in [-0.4, -0.2) is 59.0 Å². The smallest absolute Gasteiger partial charge is 0.0784 e. The molecule has 0 aliphatic carbocycles. The molecule has 3 fully saturated rings. The van der Waals surface area contributed by atoms with E-state index < -0.39 is 5.60 Å². The van der Waals surface area contributed by atoms with Crippen molar-refractivity contribution in [1.82, 2.24) is 4.90 Å². The average Bonchev–Trinajstić information content (AvgIpc) is 2.80. The Balaban J connectivity index is 1.67. The number of rotatable bonds is 2. The van der Waals surface area contributed by atoms with Gasteiger partial charge in [0, 0.05) is 18.9 Å². The monoisotopic (exact) mass is 299 g/mol. The molecule has 3 rings (SSSR count). The molecule has 0 aromatic heterocycles. The molecule has 3 unspecified atom stereocenters. The largest absolute Gasteiger partial charge is 0.390 e. The summed E-state index contributed by atoms with van der Waals surface area (Å²) in [5.41, 5.74) is -0.339. The third-order valence-electron chi connectivity index (χ3n) is 5.71. The Morgan fingerprint density at radius 1 is 1.30 bits per heavy atom. The van der Waals surface area contributed by atoms with Crippen molar-refractivity contribution in [3.05, 3.63) is 0 Å². The maximum atomic E-state index is 11.2. The van der Waals surface area contributed by atoms with E-state index >= 15 is 0 Å². The predicted molar refractivity (Wildman–Crippen MR) is 84.3 cm³/mol. The highest BCUT2D eigenvalue weighted by Gasteiger charge is 2.47. The van der Waals surface area contributed by atoms with Crippen LogP contribution in [0.4, 0.5) is 0 Å². The Labute approximate surface area is 127 Å². The van der Waals surface area contributed by atoms with Gasteiger partial charge in [0.05, 0.1) is 11.2 Å². The fraction of sp³-hybridized carbons (Fsp3) is 1.00. The SMILES string of the molecule is CCN1CCCC(O)(C2CCOC3(CCSC3)C2)CC1.